The summed E-state index contributed by atoms with van der Waals surface area (Å²) in [7, 11) is 1.86. The highest BCUT2D eigenvalue weighted by atomic mass is 16.5. The molecule has 1 N–H and O–H groups in total. The molecule has 9 heteroatoms. The monoisotopic (exact) mass is 461 g/mol. The first-order valence-electron chi connectivity index (χ1n) is 11.8. The molecule has 0 spiro atoms. The Hall–Kier alpha value is -3.46. The van der Waals surface area contributed by atoms with Gasteiger partial charge in [-0.3, -0.25) is 10.2 Å². The third kappa shape index (κ3) is 4.61. The second kappa shape index (κ2) is 9.42. The molecule has 1 amide bonds. The summed E-state index contributed by atoms with van der Waals surface area (Å²) in [5.74, 6) is 1.11. The van der Waals surface area contributed by atoms with E-state index in [0.29, 0.717) is 32.0 Å². The molecule has 0 saturated carbocycles. The highest BCUT2D eigenvalue weighted by Gasteiger charge is 2.28. The van der Waals surface area contributed by atoms with E-state index in [1.807, 2.05) is 32.4 Å². The van der Waals surface area contributed by atoms with Crippen LogP contribution in [0.2, 0.25) is 0 Å². The lowest BCUT2D eigenvalue weighted by atomic mass is 10.1. The first-order valence-corrected chi connectivity index (χ1v) is 11.8. The summed E-state index contributed by atoms with van der Waals surface area (Å²) in [6, 6.07) is 10.3. The number of imidazole rings is 1. The highest BCUT2D eigenvalue weighted by Crippen LogP contribution is 2.30. The molecule has 2 aliphatic heterocycles. The smallest absolute Gasteiger partial charge is 0.222 e. The van der Waals surface area contributed by atoms with Gasteiger partial charge in [0.05, 0.1) is 30.9 Å². The maximum Gasteiger partial charge on any atom is 0.222 e. The largest absolute Gasteiger partial charge is 0.378 e. The number of fused-ring (bicyclic) bond motifs is 1. The van der Waals surface area contributed by atoms with Gasteiger partial charge in [-0.25, -0.2) is 9.97 Å². The second-order valence-electron chi connectivity index (χ2n) is 9.22. The number of hydrogen-bond acceptors (Lipinski definition) is 7. The molecule has 2 fully saturated rings. The molecule has 34 heavy (non-hydrogen) atoms. The molecule has 9 nitrogen and oxygen atoms in total. The Morgan fingerprint density at radius 3 is 2.82 bits per heavy atom. The predicted octanol–water partition coefficient (Wildman–Crippen LogP) is 2.89. The number of carbonyl (C=O) groups is 1. The van der Waals surface area contributed by atoms with Crippen LogP contribution in [0.15, 0.2) is 41.8 Å². The fraction of sp³-hybridized carbons (Fsp3) is 0.440. The van der Waals surface area contributed by atoms with Crippen LogP contribution in [0, 0.1) is 12.8 Å². The lowest BCUT2D eigenvalue weighted by molar-refractivity contribution is -0.126. The Labute approximate surface area is 199 Å². The van der Waals surface area contributed by atoms with E-state index in [-0.39, 0.29) is 11.8 Å². The minimum absolute atomic E-state index is 0.194. The molecule has 2 saturated heterocycles. The van der Waals surface area contributed by atoms with E-state index in [0.717, 1.165) is 47.8 Å². The molecule has 3 aromatic rings. The molecule has 0 bridgehead atoms. The number of morpholine rings is 1. The van der Waals surface area contributed by atoms with Gasteiger partial charge >= 0.3 is 0 Å². The normalized spacial score (nSPS) is 19.3. The first kappa shape index (κ1) is 22.3. The van der Waals surface area contributed by atoms with Gasteiger partial charge in [-0.2, -0.15) is 5.10 Å². The van der Waals surface area contributed by atoms with Crippen LogP contribution in [0.25, 0.3) is 11.2 Å². The van der Waals surface area contributed by atoms with Crippen molar-refractivity contribution >= 4 is 34.3 Å². The third-order valence-corrected chi connectivity index (χ3v) is 6.55. The molecule has 5 rings (SSSR count). The van der Waals surface area contributed by atoms with Crippen LogP contribution in [0.1, 0.15) is 24.5 Å². The van der Waals surface area contributed by atoms with Crippen molar-refractivity contribution in [1.82, 2.24) is 19.4 Å². The number of nitrogens with zero attached hydrogens (tertiary/aromatic N) is 6. The SMILES string of the molecule is C/C(=N\Nc1cc(N2CCOCC2)c2ncn(CC3CC(=O)N(C)C3)c2n1)c1cccc(C)c1. The number of ether oxygens (including phenoxy) is 1. The summed E-state index contributed by atoms with van der Waals surface area (Å²) in [5, 5.41) is 4.62. The van der Waals surface area contributed by atoms with E-state index in [9.17, 15) is 4.79 Å². The van der Waals surface area contributed by atoms with Crippen molar-refractivity contribution < 1.29 is 9.53 Å². The zero-order chi connectivity index (χ0) is 23.7. The maximum atomic E-state index is 12.0. The van der Waals surface area contributed by atoms with Crippen molar-refractivity contribution in [3.63, 3.8) is 0 Å². The Morgan fingerprint density at radius 2 is 2.09 bits per heavy atom. The van der Waals surface area contributed by atoms with Gasteiger partial charge in [-0.1, -0.05) is 29.8 Å². The standard InChI is InChI=1S/C25H31N7O2/c1-17-5-4-6-20(11-17)18(2)28-29-22-13-21(31-7-9-34-10-8-31)24-25(27-22)32(16-26-24)15-19-12-23(33)30(3)14-19/h4-6,11,13,16,19H,7-10,12,14-15H2,1-3H3,(H,27,29)/b28-18+. The fourth-order valence-corrected chi connectivity index (χ4v) is 4.69. The van der Waals surface area contributed by atoms with Crippen LogP contribution in [0.4, 0.5) is 11.5 Å². The van der Waals surface area contributed by atoms with Crippen molar-refractivity contribution in [3.8, 4) is 0 Å². The number of nitrogens with one attached hydrogen (secondary N) is 1. The van der Waals surface area contributed by atoms with Gasteiger partial charge in [0, 0.05) is 51.6 Å². The number of likely N-dealkylation sites (tertiary alicyclic amines) is 1. The van der Waals surface area contributed by atoms with Crippen LogP contribution in [-0.4, -0.2) is 70.9 Å². The molecular formula is C25H31N7O2. The minimum atomic E-state index is 0.194. The van der Waals surface area contributed by atoms with Gasteiger partial charge in [0.2, 0.25) is 5.91 Å². The summed E-state index contributed by atoms with van der Waals surface area (Å²) in [4.78, 5) is 25.7. The van der Waals surface area contributed by atoms with Crippen molar-refractivity contribution in [3.05, 3.63) is 47.8 Å². The van der Waals surface area contributed by atoms with Crippen molar-refractivity contribution in [2.24, 2.45) is 11.0 Å². The van der Waals surface area contributed by atoms with Gasteiger partial charge in [-0.05, 0) is 19.4 Å². The lowest BCUT2D eigenvalue weighted by Gasteiger charge is -2.29. The zero-order valence-electron chi connectivity index (χ0n) is 20.0. The number of hydrazone groups is 1. The van der Waals surface area contributed by atoms with Crippen LogP contribution in [0.5, 0.6) is 0 Å². The van der Waals surface area contributed by atoms with E-state index in [1.165, 1.54) is 5.56 Å². The Balaban J connectivity index is 1.48. The van der Waals surface area contributed by atoms with Crippen LogP contribution < -0.4 is 10.3 Å². The van der Waals surface area contributed by atoms with Gasteiger partial charge in [0.25, 0.3) is 0 Å². The summed E-state index contributed by atoms with van der Waals surface area (Å²) in [5.41, 5.74) is 9.02. The number of amides is 1. The van der Waals surface area contributed by atoms with Crippen molar-refractivity contribution in [2.75, 3.05) is 50.2 Å². The molecule has 1 aromatic carbocycles. The number of carbonyl (C=O) groups excluding carboxylic acids is 1. The Morgan fingerprint density at radius 1 is 1.26 bits per heavy atom. The Kier molecular flexibility index (Phi) is 6.19. The third-order valence-electron chi connectivity index (χ3n) is 6.55. The summed E-state index contributed by atoms with van der Waals surface area (Å²) >= 11 is 0. The lowest BCUT2D eigenvalue weighted by Crippen LogP contribution is -2.36. The molecule has 1 unspecified atom stereocenters. The van der Waals surface area contributed by atoms with E-state index >= 15 is 0 Å². The molecular weight excluding hydrogens is 430 g/mol. The van der Waals surface area contributed by atoms with Crippen LogP contribution in [-0.2, 0) is 16.1 Å². The number of aromatic nitrogens is 3. The van der Waals surface area contributed by atoms with Gasteiger partial charge in [0.15, 0.2) is 11.5 Å². The van der Waals surface area contributed by atoms with Crippen LogP contribution >= 0.6 is 0 Å². The summed E-state index contributed by atoms with van der Waals surface area (Å²) < 4.78 is 7.63. The van der Waals surface area contributed by atoms with E-state index in [2.05, 4.69) is 45.1 Å². The van der Waals surface area contributed by atoms with Crippen molar-refractivity contribution in [2.45, 2.75) is 26.8 Å². The second-order valence-corrected chi connectivity index (χ2v) is 9.22. The average Bonchev–Trinajstić information content (AvgIpc) is 3.39. The molecule has 178 valence electrons. The zero-order valence-corrected chi connectivity index (χ0v) is 20.0. The highest BCUT2D eigenvalue weighted by molar-refractivity contribution is 5.99. The molecule has 2 aliphatic rings. The summed E-state index contributed by atoms with van der Waals surface area (Å²) in [6.45, 7) is 8.51. The van der Waals surface area contributed by atoms with E-state index < -0.39 is 0 Å². The van der Waals surface area contributed by atoms with Gasteiger partial charge < -0.3 is 19.1 Å². The number of rotatable bonds is 6. The topological polar surface area (TPSA) is 87.9 Å². The number of pyridine rings is 1. The molecule has 0 radical (unpaired) electrons. The van der Waals surface area contributed by atoms with E-state index in [1.54, 1.807) is 4.90 Å². The number of benzene rings is 1. The molecule has 4 heterocycles. The predicted molar refractivity (Wildman–Crippen MR) is 133 cm³/mol. The quantitative estimate of drug-likeness (QED) is 0.449. The molecule has 1 atom stereocenters. The van der Waals surface area contributed by atoms with Gasteiger partial charge in [0.1, 0.15) is 5.52 Å². The van der Waals surface area contributed by atoms with Gasteiger partial charge in [-0.15, -0.1) is 0 Å². The molecule has 2 aromatic heterocycles. The maximum absolute atomic E-state index is 12.0. The first-order chi connectivity index (χ1) is 16.5. The minimum Gasteiger partial charge on any atom is -0.378 e. The number of aryl methyl sites for hydroxylation is 1. The average molecular weight is 462 g/mol. The van der Waals surface area contributed by atoms with Crippen molar-refractivity contribution in [1.29, 1.82) is 0 Å². The molecule has 0 aliphatic carbocycles. The Bertz CT molecular complexity index is 1230. The van der Waals surface area contributed by atoms with E-state index in [4.69, 9.17) is 14.7 Å². The number of hydrogen-bond donors (Lipinski definition) is 1. The van der Waals surface area contributed by atoms with Crippen LogP contribution in [0.3, 0.4) is 0 Å². The number of anilines is 2. The summed E-state index contributed by atoms with van der Waals surface area (Å²) in [6.07, 6.45) is 2.40. The fourth-order valence-electron chi connectivity index (χ4n) is 4.69.